The van der Waals surface area contributed by atoms with Crippen LogP contribution in [0.4, 0.5) is 22.0 Å². The highest BCUT2D eigenvalue weighted by Gasteiger charge is 2.51. The fourth-order valence-electron chi connectivity index (χ4n) is 3.36. The van der Waals surface area contributed by atoms with Gasteiger partial charge in [-0.25, -0.2) is 8.78 Å². The number of halogens is 5. The minimum Gasteiger partial charge on any atom is -0.332 e. The van der Waals surface area contributed by atoms with Gasteiger partial charge in [-0.3, -0.25) is 4.68 Å². The van der Waals surface area contributed by atoms with Crippen molar-refractivity contribution in [3.8, 4) is 11.6 Å². The molecule has 28 heavy (non-hydrogen) atoms. The van der Waals surface area contributed by atoms with Crippen molar-refractivity contribution in [2.24, 2.45) is 7.05 Å². The molecule has 1 fully saturated rings. The summed E-state index contributed by atoms with van der Waals surface area (Å²) in [6.45, 7) is 1.73. The van der Waals surface area contributed by atoms with Gasteiger partial charge in [0.2, 0.25) is 0 Å². The van der Waals surface area contributed by atoms with Crippen LogP contribution < -0.4 is 0 Å². The van der Waals surface area contributed by atoms with Gasteiger partial charge >= 0.3 is 6.18 Å². The molecule has 4 rings (SSSR count). The molecule has 0 unspecified atom stereocenters. The summed E-state index contributed by atoms with van der Waals surface area (Å²) in [5.74, 6) is 0.183. The van der Waals surface area contributed by atoms with Gasteiger partial charge in [0.05, 0.1) is 11.0 Å². The Bertz CT molecular complexity index is 1030. The fourth-order valence-corrected chi connectivity index (χ4v) is 3.36. The van der Waals surface area contributed by atoms with Crippen LogP contribution in [0, 0.1) is 6.92 Å². The summed E-state index contributed by atoms with van der Waals surface area (Å²) in [6, 6.07) is 4.73. The van der Waals surface area contributed by atoms with Crippen molar-refractivity contribution in [3.05, 3.63) is 52.5 Å². The van der Waals surface area contributed by atoms with Crippen molar-refractivity contribution in [1.82, 2.24) is 19.9 Å². The molecule has 0 aliphatic heterocycles. The molecular weight excluding hydrogens is 383 g/mol. The van der Waals surface area contributed by atoms with E-state index in [1.54, 1.807) is 6.92 Å². The van der Waals surface area contributed by atoms with Gasteiger partial charge in [-0.1, -0.05) is 11.2 Å². The van der Waals surface area contributed by atoms with E-state index in [4.69, 9.17) is 4.52 Å². The molecule has 1 saturated carbocycles. The Hall–Kier alpha value is -2.78. The van der Waals surface area contributed by atoms with E-state index in [1.807, 2.05) is 0 Å². The molecule has 0 atom stereocenters. The second-order valence-corrected chi connectivity index (χ2v) is 6.91. The maximum absolute atomic E-state index is 13.1. The van der Waals surface area contributed by atoms with Crippen LogP contribution in [-0.4, -0.2) is 19.9 Å². The van der Waals surface area contributed by atoms with Crippen LogP contribution in [0.1, 0.15) is 47.5 Å². The topological polar surface area (TPSA) is 56.7 Å². The van der Waals surface area contributed by atoms with Crippen LogP contribution in [0.3, 0.4) is 0 Å². The number of hydrogen-bond donors (Lipinski definition) is 0. The normalized spacial score (nSPS) is 16.0. The van der Waals surface area contributed by atoms with E-state index in [0.717, 1.165) is 22.9 Å². The Morgan fingerprint density at radius 3 is 2.46 bits per heavy atom. The van der Waals surface area contributed by atoms with Crippen molar-refractivity contribution in [3.63, 3.8) is 0 Å². The van der Waals surface area contributed by atoms with Crippen molar-refractivity contribution in [1.29, 1.82) is 0 Å². The summed E-state index contributed by atoms with van der Waals surface area (Å²) in [6.07, 6.45) is -6.03. The molecule has 1 aliphatic rings. The van der Waals surface area contributed by atoms with Crippen LogP contribution in [-0.2, 0) is 18.6 Å². The third kappa shape index (κ3) is 2.96. The minimum atomic E-state index is -4.46. The smallest absolute Gasteiger partial charge is 0.332 e. The molecule has 0 bridgehead atoms. The first kappa shape index (κ1) is 18.6. The van der Waals surface area contributed by atoms with E-state index >= 15 is 0 Å². The second kappa shape index (κ2) is 6.11. The van der Waals surface area contributed by atoms with Crippen LogP contribution in [0.15, 0.2) is 28.8 Å². The van der Waals surface area contributed by atoms with E-state index in [0.29, 0.717) is 24.0 Å². The van der Waals surface area contributed by atoms with Crippen LogP contribution >= 0.6 is 0 Å². The highest BCUT2D eigenvalue weighted by Crippen LogP contribution is 2.54. The van der Waals surface area contributed by atoms with Gasteiger partial charge in [0, 0.05) is 7.05 Å². The molecule has 0 N–H and O–H groups in total. The quantitative estimate of drug-likeness (QED) is 0.592. The molecule has 1 aliphatic carbocycles. The molecule has 2 heterocycles. The number of hydrogen-bond acceptors (Lipinski definition) is 4. The van der Waals surface area contributed by atoms with Gasteiger partial charge < -0.3 is 4.52 Å². The molecule has 0 saturated heterocycles. The Balaban J connectivity index is 1.72. The predicted molar refractivity (Wildman–Crippen MR) is 87.7 cm³/mol. The summed E-state index contributed by atoms with van der Waals surface area (Å²) in [7, 11) is 1.37. The zero-order valence-electron chi connectivity index (χ0n) is 14.9. The third-order valence-corrected chi connectivity index (χ3v) is 5.04. The monoisotopic (exact) mass is 398 g/mol. The predicted octanol–water partition coefficient (Wildman–Crippen LogP) is 4.81. The maximum atomic E-state index is 13.1. The van der Waals surface area contributed by atoms with Crippen LogP contribution in [0.2, 0.25) is 0 Å². The van der Waals surface area contributed by atoms with Gasteiger partial charge in [-0.05, 0) is 49.1 Å². The zero-order valence-corrected chi connectivity index (χ0v) is 14.9. The lowest BCUT2D eigenvalue weighted by Gasteiger charge is -2.17. The van der Waals surface area contributed by atoms with Crippen molar-refractivity contribution < 1.29 is 26.5 Å². The molecular formula is C18H15F5N4O. The average Bonchev–Trinajstić information content (AvgIpc) is 3.08. The number of benzene rings is 1. The van der Waals surface area contributed by atoms with E-state index in [2.05, 4.69) is 15.2 Å². The summed E-state index contributed by atoms with van der Waals surface area (Å²) in [5, 5.41) is 7.86. The average molecular weight is 398 g/mol. The molecule has 10 heteroatoms. The van der Waals surface area contributed by atoms with E-state index in [9.17, 15) is 22.0 Å². The van der Waals surface area contributed by atoms with Gasteiger partial charge in [-0.15, -0.1) is 0 Å². The van der Waals surface area contributed by atoms with Crippen LogP contribution in [0.25, 0.3) is 11.6 Å². The Morgan fingerprint density at radius 1 is 1.18 bits per heavy atom. The highest BCUT2D eigenvalue weighted by molar-refractivity contribution is 5.50. The number of nitrogens with zero attached hydrogens (tertiary/aromatic N) is 4. The number of alkyl halides is 5. The molecule has 5 nitrogen and oxygen atoms in total. The van der Waals surface area contributed by atoms with E-state index < -0.39 is 23.6 Å². The lowest BCUT2D eigenvalue weighted by Crippen LogP contribution is -2.15. The van der Waals surface area contributed by atoms with Gasteiger partial charge in [0.25, 0.3) is 12.3 Å². The number of aryl methyl sites for hydroxylation is 2. The molecule has 2 aromatic heterocycles. The Morgan fingerprint density at radius 2 is 1.89 bits per heavy atom. The number of rotatable bonds is 4. The summed E-state index contributed by atoms with van der Waals surface area (Å²) >= 11 is 0. The van der Waals surface area contributed by atoms with Gasteiger partial charge in [0.15, 0.2) is 11.5 Å². The summed E-state index contributed by atoms with van der Waals surface area (Å²) < 4.78 is 71.4. The standard InChI is InChI=1S/C18H15F5N4O/c1-9-3-4-10(18(21,22)23)7-11(9)17(5-6-17)16-24-15(28-26-16)12-8-13(14(19)20)27(2)25-12/h3-4,7-8,14H,5-6H2,1-2H3. The lowest BCUT2D eigenvalue weighted by atomic mass is 9.89. The first-order valence-electron chi connectivity index (χ1n) is 8.47. The second-order valence-electron chi connectivity index (χ2n) is 6.91. The molecule has 3 aromatic rings. The SMILES string of the molecule is Cc1ccc(C(F)(F)F)cc1C1(c2noc(-c3cc(C(F)F)n(C)n3)n2)CC1. The van der Waals surface area contributed by atoms with Crippen molar-refractivity contribution in [2.45, 2.75) is 37.8 Å². The Labute approximate surface area is 156 Å². The summed E-state index contributed by atoms with van der Waals surface area (Å²) in [4.78, 5) is 4.26. The van der Waals surface area contributed by atoms with E-state index in [1.165, 1.54) is 13.1 Å². The molecule has 0 amide bonds. The van der Waals surface area contributed by atoms with E-state index in [-0.39, 0.29) is 23.1 Å². The van der Waals surface area contributed by atoms with Crippen molar-refractivity contribution in [2.75, 3.05) is 0 Å². The zero-order chi connectivity index (χ0) is 20.3. The first-order chi connectivity index (χ1) is 13.1. The first-order valence-corrected chi connectivity index (χ1v) is 8.47. The lowest BCUT2D eigenvalue weighted by molar-refractivity contribution is -0.137. The highest BCUT2D eigenvalue weighted by atomic mass is 19.4. The minimum absolute atomic E-state index is 0.0478. The number of aromatic nitrogens is 4. The maximum Gasteiger partial charge on any atom is 0.416 e. The van der Waals surface area contributed by atoms with Gasteiger partial charge in [-0.2, -0.15) is 23.3 Å². The van der Waals surface area contributed by atoms with Gasteiger partial charge in [0.1, 0.15) is 5.69 Å². The van der Waals surface area contributed by atoms with Crippen LogP contribution in [0.5, 0.6) is 0 Å². The van der Waals surface area contributed by atoms with Crippen molar-refractivity contribution >= 4 is 0 Å². The molecule has 1 aromatic carbocycles. The molecule has 148 valence electrons. The third-order valence-electron chi connectivity index (χ3n) is 5.04. The largest absolute Gasteiger partial charge is 0.416 e. The molecule has 0 spiro atoms. The molecule has 0 radical (unpaired) electrons. The Kier molecular flexibility index (Phi) is 4.06. The fraction of sp³-hybridized carbons (Fsp3) is 0.389. The summed E-state index contributed by atoms with van der Waals surface area (Å²) in [5.41, 5.74) is -0.543.